The van der Waals surface area contributed by atoms with E-state index in [1.165, 1.54) is 33.9 Å². The summed E-state index contributed by atoms with van der Waals surface area (Å²) >= 11 is 3.07. The van der Waals surface area contributed by atoms with Crippen LogP contribution in [0.2, 0.25) is 0 Å². The highest BCUT2D eigenvalue weighted by atomic mass is 32.1. The van der Waals surface area contributed by atoms with Crippen LogP contribution < -0.4 is 9.80 Å². The van der Waals surface area contributed by atoms with Crippen LogP contribution in [-0.2, 0) is 4.79 Å². The normalized spacial score (nSPS) is 14.2. The summed E-state index contributed by atoms with van der Waals surface area (Å²) in [5.41, 5.74) is 2.70. The molecule has 11 heteroatoms. The molecule has 37 heavy (non-hydrogen) atoms. The molecular formula is C26H26N6O3S2. The minimum Gasteiger partial charge on any atom is -0.356 e. The van der Waals surface area contributed by atoms with Crippen molar-refractivity contribution in [1.82, 2.24) is 15.0 Å². The Kier molecular flexibility index (Phi) is 6.98. The van der Waals surface area contributed by atoms with Gasteiger partial charge in [0.1, 0.15) is 17.0 Å². The molecule has 0 unspecified atom stereocenters. The lowest BCUT2D eigenvalue weighted by molar-refractivity contribution is -0.384. The number of hydrogen-bond acceptors (Lipinski definition) is 9. The number of carbonyl (C=O) groups excluding carboxylic acids is 1. The highest BCUT2D eigenvalue weighted by Gasteiger charge is 2.31. The van der Waals surface area contributed by atoms with Crippen LogP contribution in [-0.4, -0.2) is 45.4 Å². The van der Waals surface area contributed by atoms with Crippen LogP contribution in [0.3, 0.4) is 0 Å². The minimum atomic E-state index is -0.429. The SMILES string of the molecule is C=CCN(C(=O)C1CCN(c2ncnc3sc(C)c(C)c23)CC1)c1nc(-c2ccc([N+](=O)[O-])cc2)cs1. The molecule has 0 bridgehead atoms. The van der Waals surface area contributed by atoms with Gasteiger partial charge in [-0.05, 0) is 44.4 Å². The Hall–Kier alpha value is -3.70. The van der Waals surface area contributed by atoms with Gasteiger partial charge in [-0.25, -0.2) is 15.0 Å². The van der Waals surface area contributed by atoms with E-state index >= 15 is 0 Å². The predicted molar refractivity (Wildman–Crippen MR) is 149 cm³/mol. The Labute approximate surface area is 222 Å². The number of benzene rings is 1. The molecule has 9 nitrogen and oxygen atoms in total. The molecule has 190 valence electrons. The lowest BCUT2D eigenvalue weighted by Crippen LogP contribution is -2.43. The zero-order valence-corrected chi connectivity index (χ0v) is 22.2. The summed E-state index contributed by atoms with van der Waals surface area (Å²) in [6.45, 7) is 9.90. The lowest BCUT2D eigenvalue weighted by Gasteiger charge is -2.34. The average Bonchev–Trinajstić information content (AvgIpc) is 3.51. The van der Waals surface area contributed by atoms with Crippen LogP contribution in [0, 0.1) is 29.9 Å². The van der Waals surface area contributed by atoms with Gasteiger partial charge in [0.15, 0.2) is 5.13 Å². The molecule has 5 rings (SSSR count). The summed E-state index contributed by atoms with van der Waals surface area (Å²) in [6, 6.07) is 6.26. The van der Waals surface area contributed by atoms with E-state index in [1.54, 1.807) is 40.8 Å². The van der Waals surface area contributed by atoms with Gasteiger partial charge in [0.25, 0.3) is 5.69 Å². The van der Waals surface area contributed by atoms with E-state index in [0.29, 0.717) is 17.4 Å². The molecule has 1 saturated heterocycles. The van der Waals surface area contributed by atoms with Crippen LogP contribution in [0.25, 0.3) is 21.5 Å². The number of rotatable bonds is 7. The number of nitro benzene ring substituents is 1. The predicted octanol–water partition coefficient (Wildman–Crippen LogP) is 5.78. The van der Waals surface area contributed by atoms with Crippen LogP contribution >= 0.6 is 22.7 Å². The first kappa shape index (κ1) is 25.0. The number of aromatic nitrogens is 3. The van der Waals surface area contributed by atoms with Gasteiger partial charge in [-0.15, -0.1) is 29.3 Å². The summed E-state index contributed by atoms with van der Waals surface area (Å²) in [5.74, 6) is 0.874. The first-order chi connectivity index (χ1) is 17.9. The monoisotopic (exact) mass is 534 g/mol. The van der Waals surface area contributed by atoms with Gasteiger partial charge in [-0.2, -0.15) is 0 Å². The molecule has 1 aliphatic heterocycles. The largest absolute Gasteiger partial charge is 0.356 e. The summed E-state index contributed by atoms with van der Waals surface area (Å²) in [5, 5.41) is 14.5. The number of nitrogens with zero attached hydrogens (tertiary/aromatic N) is 6. The molecule has 1 aliphatic rings. The Bertz CT molecular complexity index is 1470. The van der Waals surface area contributed by atoms with Gasteiger partial charge in [0, 0.05) is 53.5 Å². The minimum absolute atomic E-state index is 0.0287. The fourth-order valence-corrected chi connectivity index (χ4v) is 6.47. The van der Waals surface area contributed by atoms with E-state index in [9.17, 15) is 14.9 Å². The zero-order chi connectivity index (χ0) is 26.1. The molecule has 0 spiro atoms. The van der Waals surface area contributed by atoms with Crippen molar-refractivity contribution < 1.29 is 9.72 Å². The van der Waals surface area contributed by atoms with Crippen molar-refractivity contribution in [2.45, 2.75) is 26.7 Å². The second-order valence-corrected chi connectivity index (χ2v) is 11.0. The number of thiazole rings is 1. The number of anilines is 2. The van der Waals surface area contributed by atoms with Crippen LogP contribution in [0.1, 0.15) is 23.3 Å². The number of aryl methyl sites for hydroxylation is 2. The Balaban J connectivity index is 1.31. The quantitative estimate of drug-likeness (QED) is 0.168. The summed E-state index contributed by atoms with van der Waals surface area (Å²) in [6.07, 6.45) is 4.78. The molecule has 4 aromatic rings. The molecule has 0 N–H and O–H groups in total. The maximum atomic E-state index is 13.6. The van der Waals surface area contributed by atoms with Crippen molar-refractivity contribution in [2.24, 2.45) is 5.92 Å². The molecule has 1 aromatic carbocycles. The van der Waals surface area contributed by atoms with Crippen molar-refractivity contribution in [2.75, 3.05) is 29.4 Å². The summed E-state index contributed by atoms with van der Waals surface area (Å²) in [4.78, 5) is 44.1. The van der Waals surface area contributed by atoms with Crippen LogP contribution in [0.15, 0.2) is 48.6 Å². The average molecular weight is 535 g/mol. The van der Waals surface area contributed by atoms with Crippen molar-refractivity contribution >= 4 is 55.4 Å². The van der Waals surface area contributed by atoms with Gasteiger partial charge < -0.3 is 4.90 Å². The van der Waals surface area contributed by atoms with Crippen LogP contribution in [0.4, 0.5) is 16.6 Å². The van der Waals surface area contributed by atoms with E-state index in [4.69, 9.17) is 0 Å². The molecule has 4 heterocycles. The maximum Gasteiger partial charge on any atom is 0.269 e. The van der Waals surface area contributed by atoms with Crippen molar-refractivity contribution in [3.63, 3.8) is 0 Å². The first-order valence-corrected chi connectivity index (χ1v) is 13.6. The van der Waals surface area contributed by atoms with E-state index in [0.717, 1.165) is 47.5 Å². The highest BCUT2D eigenvalue weighted by molar-refractivity contribution is 7.18. The second kappa shape index (κ2) is 10.3. The molecule has 0 atom stereocenters. The van der Waals surface area contributed by atoms with Gasteiger partial charge in [0.05, 0.1) is 16.0 Å². The van der Waals surface area contributed by atoms with Crippen molar-refractivity contribution in [3.8, 4) is 11.3 Å². The third kappa shape index (κ3) is 4.84. The fourth-order valence-electron chi connectivity index (χ4n) is 4.63. The third-order valence-electron chi connectivity index (χ3n) is 6.76. The Morgan fingerprint density at radius 3 is 2.65 bits per heavy atom. The highest BCUT2D eigenvalue weighted by Crippen LogP contribution is 2.36. The third-order valence-corrected chi connectivity index (χ3v) is 8.74. The summed E-state index contributed by atoms with van der Waals surface area (Å²) < 4.78 is 0. The van der Waals surface area contributed by atoms with E-state index in [-0.39, 0.29) is 17.5 Å². The standard InChI is InChI=1S/C26H26N6O3S2/c1-4-11-31(26-29-21(14-36-26)18-5-7-20(8-6-18)32(34)35)25(33)19-9-12-30(13-10-19)23-22-16(2)17(3)37-24(22)28-15-27-23/h4-8,14-15,19H,1,9-13H2,2-3H3. The van der Waals surface area contributed by atoms with Crippen molar-refractivity contribution in [3.05, 3.63) is 69.2 Å². The number of piperidine rings is 1. The number of hydrogen-bond donors (Lipinski definition) is 0. The molecule has 1 amide bonds. The van der Waals surface area contributed by atoms with Crippen molar-refractivity contribution in [1.29, 1.82) is 0 Å². The smallest absolute Gasteiger partial charge is 0.269 e. The van der Waals surface area contributed by atoms with E-state index in [1.807, 2.05) is 5.38 Å². The van der Waals surface area contributed by atoms with Gasteiger partial charge >= 0.3 is 0 Å². The molecule has 3 aromatic heterocycles. The number of fused-ring (bicyclic) bond motifs is 1. The first-order valence-electron chi connectivity index (χ1n) is 12.0. The van der Waals surface area contributed by atoms with Gasteiger partial charge in [-0.1, -0.05) is 6.08 Å². The summed E-state index contributed by atoms with van der Waals surface area (Å²) in [7, 11) is 0. The second-order valence-electron chi connectivity index (χ2n) is 8.98. The fraction of sp³-hybridized carbons (Fsp3) is 0.308. The number of nitro groups is 1. The molecule has 0 aliphatic carbocycles. The Morgan fingerprint density at radius 2 is 1.97 bits per heavy atom. The lowest BCUT2D eigenvalue weighted by atomic mass is 9.95. The van der Waals surface area contributed by atoms with E-state index in [2.05, 4.69) is 40.3 Å². The number of amides is 1. The molecule has 1 fully saturated rings. The molecule has 0 radical (unpaired) electrons. The number of non-ortho nitro benzene ring substituents is 1. The van der Waals surface area contributed by atoms with Crippen LogP contribution in [0.5, 0.6) is 0 Å². The molecule has 0 saturated carbocycles. The number of carbonyl (C=O) groups is 1. The maximum absolute atomic E-state index is 13.6. The topological polar surface area (TPSA) is 105 Å². The van der Waals surface area contributed by atoms with E-state index < -0.39 is 4.92 Å². The van der Waals surface area contributed by atoms with Gasteiger partial charge in [-0.3, -0.25) is 19.8 Å². The number of thiophene rings is 1. The van der Waals surface area contributed by atoms with Gasteiger partial charge in [0.2, 0.25) is 5.91 Å². The molecular weight excluding hydrogens is 508 g/mol. The Morgan fingerprint density at radius 1 is 1.24 bits per heavy atom. The zero-order valence-electron chi connectivity index (χ0n) is 20.6.